The van der Waals surface area contributed by atoms with Crippen LogP contribution in [0.15, 0.2) is 0 Å². The summed E-state index contributed by atoms with van der Waals surface area (Å²) in [5.74, 6) is -1.06. The summed E-state index contributed by atoms with van der Waals surface area (Å²) < 4.78 is 39.5. The van der Waals surface area contributed by atoms with Crippen molar-refractivity contribution in [3.05, 3.63) is 0 Å². The molecule has 0 radical (unpaired) electrons. The smallest absolute Gasteiger partial charge is 0.414 e. The molecule has 0 aromatic heterocycles. The summed E-state index contributed by atoms with van der Waals surface area (Å²) in [6.07, 6.45) is -8.94. The van der Waals surface area contributed by atoms with E-state index in [9.17, 15) is 18.0 Å². The van der Waals surface area contributed by atoms with Crippen molar-refractivity contribution >= 4 is 5.97 Å². The minimum atomic E-state index is -4.77. The fourth-order valence-corrected chi connectivity index (χ4v) is 0.585. The summed E-state index contributed by atoms with van der Waals surface area (Å²) in [7, 11) is 0. The van der Waals surface area contributed by atoms with Gasteiger partial charge in [-0.05, 0) is 13.8 Å². The first kappa shape index (κ1) is 12.2. The van der Waals surface area contributed by atoms with Crippen LogP contribution in [0.3, 0.4) is 0 Å². The molecule has 0 saturated carbocycles. The van der Waals surface area contributed by atoms with E-state index in [0.717, 1.165) is 0 Å². The van der Waals surface area contributed by atoms with Gasteiger partial charge in [-0.1, -0.05) is 0 Å². The predicted octanol–water partition coefficient (Wildman–Crippen LogP) is 1.25. The molecule has 0 aromatic carbocycles. The average molecular weight is 200 g/mol. The Bertz CT molecular complexity index is 176. The Hall–Kier alpha value is -0.780. The van der Waals surface area contributed by atoms with Crippen molar-refractivity contribution in [2.75, 3.05) is 0 Å². The molecule has 3 nitrogen and oxygen atoms in total. The van der Waals surface area contributed by atoms with Crippen LogP contribution in [-0.4, -0.2) is 29.5 Å². The summed E-state index contributed by atoms with van der Waals surface area (Å²) >= 11 is 0. The molecule has 0 saturated heterocycles. The third-order valence-corrected chi connectivity index (χ3v) is 1.11. The van der Waals surface area contributed by atoms with E-state index in [4.69, 9.17) is 5.11 Å². The number of carbonyl (C=O) groups excluding carboxylic acids is 1. The maximum atomic E-state index is 11.7. The highest BCUT2D eigenvalue weighted by molar-refractivity contribution is 5.70. The molecule has 0 aromatic rings. The van der Waals surface area contributed by atoms with Crippen LogP contribution in [-0.2, 0) is 9.53 Å². The third-order valence-electron chi connectivity index (χ3n) is 1.11. The first-order valence-electron chi connectivity index (χ1n) is 3.67. The molecule has 0 unspecified atom stereocenters. The van der Waals surface area contributed by atoms with Crippen molar-refractivity contribution < 1.29 is 27.8 Å². The van der Waals surface area contributed by atoms with Crippen molar-refractivity contribution in [3.63, 3.8) is 0 Å². The Morgan fingerprint density at radius 3 is 2.23 bits per heavy atom. The highest BCUT2D eigenvalue weighted by Crippen LogP contribution is 2.22. The van der Waals surface area contributed by atoms with E-state index in [1.54, 1.807) is 0 Å². The van der Waals surface area contributed by atoms with Gasteiger partial charge in [0.1, 0.15) is 0 Å². The topological polar surface area (TPSA) is 46.5 Å². The van der Waals surface area contributed by atoms with Crippen molar-refractivity contribution in [3.8, 4) is 0 Å². The van der Waals surface area contributed by atoms with Crippen LogP contribution in [0.2, 0.25) is 0 Å². The van der Waals surface area contributed by atoms with Crippen LogP contribution < -0.4 is 0 Å². The Kier molecular flexibility index (Phi) is 4.19. The Labute approximate surface area is 73.5 Å². The van der Waals surface area contributed by atoms with Gasteiger partial charge >= 0.3 is 12.1 Å². The monoisotopic (exact) mass is 200 g/mol. The van der Waals surface area contributed by atoms with Crippen LogP contribution in [0.4, 0.5) is 13.2 Å². The molecule has 1 atom stereocenters. The summed E-state index contributed by atoms with van der Waals surface area (Å²) in [6, 6.07) is 0. The van der Waals surface area contributed by atoms with E-state index >= 15 is 0 Å². The zero-order valence-electron chi connectivity index (χ0n) is 7.26. The number of alkyl halides is 3. The molecule has 78 valence electrons. The molecule has 0 bridgehead atoms. The molecule has 0 spiro atoms. The summed E-state index contributed by atoms with van der Waals surface area (Å²) in [6.45, 7) is 3.02. The van der Waals surface area contributed by atoms with E-state index in [1.165, 1.54) is 13.8 Å². The number of esters is 1. The fraction of sp³-hybridized carbons (Fsp3) is 0.857. The largest absolute Gasteiger partial charge is 0.463 e. The number of ether oxygens (including phenoxy) is 1. The Morgan fingerprint density at radius 1 is 1.46 bits per heavy atom. The quantitative estimate of drug-likeness (QED) is 0.697. The molecule has 1 N–H and O–H groups in total. The first-order chi connectivity index (χ1) is 5.73. The Morgan fingerprint density at radius 2 is 1.92 bits per heavy atom. The minimum absolute atomic E-state index is 0.479. The number of aliphatic hydroxyl groups excluding tert-OH is 1. The average Bonchev–Trinajstić information content (AvgIpc) is 1.82. The lowest BCUT2D eigenvalue weighted by molar-refractivity contribution is -0.210. The Balaban J connectivity index is 3.93. The molecule has 0 aliphatic heterocycles. The molecule has 0 amide bonds. The molecule has 6 heteroatoms. The van der Waals surface area contributed by atoms with E-state index in [0.29, 0.717) is 0 Å². The molecular weight excluding hydrogens is 189 g/mol. The number of hydrogen-bond acceptors (Lipinski definition) is 3. The van der Waals surface area contributed by atoms with Gasteiger partial charge in [0.2, 0.25) is 0 Å². The second-order valence-electron chi connectivity index (χ2n) is 2.80. The lowest BCUT2D eigenvalue weighted by atomic mass is 10.2. The third kappa shape index (κ3) is 5.46. The second-order valence-corrected chi connectivity index (χ2v) is 2.80. The zero-order valence-corrected chi connectivity index (χ0v) is 7.26. The molecular formula is C7H11F3O3. The van der Waals surface area contributed by atoms with Gasteiger partial charge in [0.05, 0.1) is 12.5 Å². The van der Waals surface area contributed by atoms with E-state index in [1.807, 2.05) is 0 Å². The van der Waals surface area contributed by atoms with Crippen molar-refractivity contribution in [1.29, 1.82) is 0 Å². The second kappa shape index (κ2) is 4.45. The maximum absolute atomic E-state index is 11.7. The van der Waals surface area contributed by atoms with Crippen molar-refractivity contribution in [2.45, 2.75) is 38.7 Å². The molecule has 0 heterocycles. The van der Waals surface area contributed by atoms with Crippen LogP contribution in [0, 0.1) is 0 Å². The number of rotatable bonds is 3. The van der Waals surface area contributed by atoms with Crippen molar-refractivity contribution in [1.82, 2.24) is 0 Å². The van der Waals surface area contributed by atoms with Gasteiger partial charge < -0.3 is 9.84 Å². The lowest BCUT2D eigenvalue weighted by Gasteiger charge is -2.14. The van der Waals surface area contributed by atoms with Crippen LogP contribution in [0.1, 0.15) is 20.3 Å². The van der Waals surface area contributed by atoms with Gasteiger partial charge in [-0.15, -0.1) is 0 Å². The standard InChI is InChI=1S/C7H11F3O3/c1-4(2)13-6(12)3-5(11)7(8,9)10/h4-5,11H,3H2,1-2H3/t5-/m0/s1. The normalized spacial score (nSPS) is 14.4. The minimum Gasteiger partial charge on any atom is -0.463 e. The van der Waals surface area contributed by atoms with Gasteiger partial charge in [-0.3, -0.25) is 4.79 Å². The van der Waals surface area contributed by atoms with E-state index in [-0.39, 0.29) is 0 Å². The van der Waals surface area contributed by atoms with Crippen LogP contribution >= 0.6 is 0 Å². The van der Waals surface area contributed by atoms with Crippen LogP contribution in [0.25, 0.3) is 0 Å². The summed E-state index contributed by atoms with van der Waals surface area (Å²) in [5.41, 5.74) is 0. The van der Waals surface area contributed by atoms with E-state index in [2.05, 4.69) is 4.74 Å². The fourth-order valence-electron chi connectivity index (χ4n) is 0.585. The molecule has 0 rings (SSSR count). The van der Waals surface area contributed by atoms with Gasteiger partial charge in [0, 0.05) is 0 Å². The van der Waals surface area contributed by atoms with Gasteiger partial charge in [0.15, 0.2) is 6.10 Å². The molecule has 13 heavy (non-hydrogen) atoms. The number of halogens is 3. The number of aliphatic hydroxyl groups is 1. The molecule has 0 aliphatic rings. The molecule has 0 aliphatic carbocycles. The maximum Gasteiger partial charge on any atom is 0.414 e. The van der Waals surface area contributed by atoms with E-state index < -0.39 is 30.8 Å². The number of carbonyl (C=O) groups is 1. The summed E-state index contributed by atoms with van der Waals surface area (Å²) in [4.78, 5) is 10.6. The van der Waals surface area contributed by atoms with Gasteiger partial charge in [0.25, 0.3) is 0 Å². The first-order valence-corrected chi connectivity index (χ1v) is 3.67. The number of hydrogen-bond donors (Lipinski definition) is 1. The SMILES string of the molecule is CC(C)OC(=O)C[C@H](O)C(F)(F)F. The van der Waals surface area contributed by atoms with Crippen LogP contribution in [0.5, 0.6) is 0 Å². The zero-order chi connectivity index (χ0) is 10.6. The summed E-state index contributed by atoms with van der Waals surface area (Å²) in [5, 5.41) is 8.44. The molecule has 0 fully saturated rings. The predicted molar refractivity (Wildman–Crippen MR) is 37.9 cm³/mol. The van der Waals surface area contributed by atoms with Crippen molar-refractivity contribution in [2.24, 2.45) is 0 Å². The lowest BCUT2D eigenvalue weighted by Crippen LogP contribution is -2.32. The van der Waals surface area contributed by atoms with Gasteiger partial charge in [-0.25, -0.2) is 0 Å². The highest BCUT2D eigenvalue weighted by Gasteiger charge is 2.39. The van der Waals surface area contributed by atoms with Gasteiger partial charge in [-0.2, -0.15) is 13.2 Å². The highest BCUT2D eigenvalue weighted by atomic mass is 19.4.